The maximum atomic E-state index is 12.1. The lowest BCUT2D eigenvalue weighted by Crippen LogP contribution is -2.36. The summed E-state index contributed by atoms with van der Waals surface area (Å²) in [6.07, 6.45) is -5.30. The van der Waals surface area contributed by atoms with Crippen molar-refractivity contribution >= 4 is 28.8 Å². The summed E-state index contributed by atoms with van der Waals surface area (Å²) in [6.45, 7) is 0.0870. The van der Waals surface area contributed by atoms with E-state index in [2.05, 4.69) is 15.4 Å². The first kappa shape index (κ1) is 19.7. The monoisotopic (exact) mass is 388 g/mol. The van der Waals surface area contributed by atoms with Gasteiger partial charge in [-0.05, 0) is 42.1 Å². The van der Waals surface area contributed by atoms with E-state index in [1.54, 1.807) is 12.1 Å². The van der Waals surface area contributed by atoms with Gasteiger partial charge in [0.25, 0.3) is 0 Å². The molecule has 1 atom stereocenters. The molecule has 2 aromatic rings. The molecule has 0 bridgehead atoms. The van der Waals surface area contributed by atoms with Crippen LogP contribution in [0.4, 0.5) is 18.9 Å². The van der Waals surface area contributed by atoms with Crippen LogP contribution in [0.25, 0.3) is 0 Å². The van der Waals surface area contributed by atoms with Crippen LogP contribution >= 0.6 is 11.3 Å². The molecule has 6 nitrogen and oxygen atoms in total. The van der Waals surface area contributed by atoms with E-state index in [1.165, 1.54) is 23.5 Å². The van der Waals surface area contributed by atoms with E-state index in [9.17, 15) is 27.9 Å². The number of halogens is 3. The van der Waals surface area contributed by atoms with Crippen molar-refractivity contribution in [2.45, 2.75) is 18.9 Å². The molecule has 10 heteroatoms. The molecule has 26 heavy (non-hydrogen) atoms. The molecule has 1 aromatic heterocycles. The second kappa shape index (κ2) is 8.68. The Balaban J connectivity index is 1.77. The average Bonchev–Trinajstić information content (AvgIpc) is 3.09. The topological polar surface area (TPSA) is 87.7 Å². The Hall–Kier alpha value is -2.59. The van der Waals surface area contributed by atoms with Gasteiger partial charge in [-0.1, -0.05) is 6.07 Å². The summed E-state index contributed by atoms with van der Waals surface area (Å²) in [4.78, 5) is 24.2. The molecule has 2 amide bonds. The summed E-state index contributed by atoms with van der Waals surface area (Å²) < 4.78 is 39.9. The van der Waals surface area contributed by atoms with Crippen LogP contribution in [0.1, 0.15) is 17.4 Å². The number of hydrogen-bond donors (Lipinski definition) is 3. The lowest BCUT2D eigenvalue weighted by Gasteiger charge is -2.11. The minimum absolute atomic E-state index is 0.0870. The van der Waals surface area contributed by atoms with E-state index in [4.69, 9.17) is 0 Å². The maximum absolute atomic E-state index is 12.1. The third kappa shape index (κ3) is 6.37. The van der Waals surface area contributed by atoms with Crippen LogP contribution in [-0.4, -0.2) is 29.8 Å². The first-order valence-electron chi connectivity index (χ1n) is 7.41. The highest BCUT2D eigenvalue weighted by Crippen LogP contribution is 2.24. The lowest BCUT2D eigenvalue weighted by atomic mass is 10.2. The molecule has 0 spiro atoms. The van der Waals surface area contributed by atoms with Gasteiger partial charge in [-0.2, -0.15) is 0 Å². The van der Waals surface area contributed by atoms with Crippen LogP contribution in [0.5, 0.6) is 5.75 Å². The molecular formula is C16H15F3N2O4S. The van der Waals surface area contributed by atoms with Crippen molar-refractivity contribution in [1.82, 2.24) is 5.32 Å². The van der Waals surface area contributed by atoms with Gasteiger partial charge in [0.2, 0.25) is 0 Å². The molecule has 0 aliphatic rings. The summed E-state index contributed by atoms with van der Waals surface area (Å²) >= 11 is 1.38. The number of nitrogens with one attached hydrogen (secondary N) is 2. The summed E-state index contributed by atoms with van der Waals surface area (Å²) in [5, 5.41) is 16.3. The number of carbonyl (C=O) groups is 2. The van der Waals surface area contributed by atoms with Crippen molar-refractivity contribution in [2.75, 3.05) is 11.9 Å². The molecule has 1 heterocycles. The highest BCUT2D eigenvalue weighted by atomic mass is 32.1. The van der Waals surface area contributed by atoms with Crippen LogP contribution < -0.4 is 15.4 Å². The summed E-state index contributed by atoms with van der Waals surface area (Å²) in [5.74, 6) is -2.33. The van der Waals surface area contributed by atoms with Gasteiger partial charge in [0.1, 0.15) is 5.75 Å². The first-order valence-corrected chi connectivity index (χ1v) is 8.29. The predicted octanol–water partition coefficient (Wildman–Crippen LogP) is 2.83. The highest BCUT2D eigenvalue weighted by Gasteiger charge is 2.31. The zero-order valence-corrected chi connectivity index (χ0v) is 14.1. The van der Waals surface area contributed by atoms with Gasteiger partial charge >= 0.3 is 18.2 Å². The van der Waals surface area contributed by atoms with E-state index in [0.29, 0.717) is 0 Å². The van der Waals surface area contributed by atoms with Crippen LogP contribution in [0.2, 0.25) is 0 Å². The number of anilines is 1. The lowest BCUT2D eigenvalue weighted by molar-refractivity contribution is -0.274. The minimum Gasteiger partial charge on any atom is -0.406 e. The molecule has 140 valence electrons. The van der Waals surface area contributed by atoms with E-state index in [1.807, 2.05) is 5.38 Å². The van der Waals surface area contributed by atoms with Crippen LogP contribution in [0.15, 0.2) is 41.8 Å². The summed E-state index contributed by atoms with van der Waals surface area (Å²) in [5.41, 5.74) is 0.137. The quantitative estimate of drug-likeness (QED) is 0.664. The van der Waals surface area contributed by atoms with E-state index < -0.39 is 30.0 Å². The standard InChI is InChI=1S/C16H15F3N2O4S/c17-16(18,19)25-11-5-3-10(4-6-11)21-15(24)14(23)20-8-7-12(22)13-2-1-9-26-13/h1-6,9,12,22H,7-8H2,(H,20,23)(H,21,24)/t12-/m0/s1. The number of ether oxygens (including phenoxy) is 1. The number of thiophene rings is 1. The van der Waals surface area contributed by atoms with E-state index in [0.717, 1.165) is 17.0 Å². The minimum atomic E-state index is -4.81. The van der Waals surface area contributed by atoms with Crippen molar-refractivity contribution in [2.24, 2.45) is 0 Å². The predicted molar refractivity (Wildman–Crippen MR) is 88.7 cm³/mol. The fourth-order valence-corrected chi connectivity index (χ4v) is 2.70. The number of alkyl halides is 3. The Bertz CT molecular complexity index is 733. The molecule has 0 unspecified atom stereocenters. The Morgan fingerprint density at radius 3 is 2.42 bits per heavy atom. The number of aliphatic hydroxyl groups is 1. The van der Waals surface area contributed by atoms with Gasteiger partial charge in [0.05, 0.1) is 6.10 Å². The zero-order valence-electron chi connectivity index (χ0n) is 13.2. The van der Waals surface area contributed by atoms with Crippen molar-refractivity contribution in [3.05, 3.63) is 46.7 Å². The molecule has 0 aliphatic heterocycles. The second-order valence-electron chi connectivity index (χ2n) is 5.10. The maximum Gasteiger partial charge on any atom is 0.573 e. The molecule has 3 N–H and O–H groups in total. The number of rotatable bonds is 6. The van der Waals surface area contributed by atoms with Crippen molar-refractivity contribution in [3.63, 3.8) is 0 Å². The van der Waals surface area contributed by atoms with E-state index in [-0.39, 0.29) is 18.7 Å². The van der Waals surface area contributed by atoms with E-state index >= 15 is 0 Å². The number of aliphatic hydroxyl groups excluding tert-OH is 1. The third-order valence-corrected chi connectivity index (χ3v) is 4.10. The molecule has 2 rings (SSSR count). The average molecular weight is 388 g/mol. The van der Waals surface area contributed by atoms with Gasteiger partial charge in [-0.15, -0.1) is 24.5 Å². The van der Waals surface area contributed by atoms with Gasteiger partial charge in [0, 0.05) is 17.1 Å². The number of amides is 2. The van der Waals surface area contributed by atoms with Gasteiger partial charge < -0.3 is 20.5 Å². The fourth-order valence-electron chi connectivity index (χ4n) is 1.95. The molecule has 1 aromatic carbocycles. The third-order valence-electron chi connectivity index (χ3n) is 3.13. The fraction of sp³-hybridized carbons (Fsp3) is 0.250. The normalized spacial score (nSPS) is 12.3. The van der Waals surface area contributed by atoms with Crippen LogP contribution in [0.3, 0.4) is 0 Å². The number of hydrogen-bond acceptors (Lipinski definition) is 5. The summed E-state index contributed by atoms with van der Waals surface area (Å²) in [7, 11) is 0. The highest BCUT2D eigenvalue weighted by molar-refractivity contribution is 7.10. The molecule has 0 saturated carbocycles. The van der Waals surface area contributed by atoms with Crippen molar-refractivity contribution in [3.8, 4) is 5.75 Å². The van der Waals surface area contributed by atoms with Crippen molar-refractivity contribution in [1.29, 1.82) is 0 Å². The number of benzene rings is 1. The van der Waals surface area contributed by atoms with Gasteiger partial charge in [-0.25, -0.2) is 0 Å². The Morgan fingerprint density at radius 1 is 1.15 bits per heavy atom. The number of carbonyl (C=O) groups excluding carboxylic acids is 2. The first-order chi connectivity index (χ1) is 12.2. The smallest absolute Gasteiger partial charge is 0.406 e. The molecular weight excluding hydrogens is 373 g/mol. The van der Waals surface area contributed by atoms with Gasteiger partial charge in [-0.3, -0.25) is 9.59 Å². The van der Waals surface area contributed by atoms with Gasteiger partial charge in [0.15, 0.2) is 0 Å². The van der Waals surface area contributed by atoms with Crippen LogP contribution in [-0.2, 0) is 9.59 Å². The SMILES string of the molecule is O=C(NCC[C@H](O)c1cccs1)C(=O)Nc1ccc(OC(F)(F)F)cc1. The molecule has 0 aliphatic carbocycles. The largest absolute Gasteiger partial charge is 0.573 e. The molecule has 0 fully saturated rings. The Kier molecular flexibility index (Phi) is 6.58. The molecule has 0 saturated heterocycles. The summed E-state index contributed by atoms with van der Waals surface area (Å²) in [6, 6.07) is 7.92. The Morgan fingerprint density at radius 2 is 1.85 bits per heavy atom. The second-order valence-corrected chi connectivity index (χ2v) is 6.08. The Labute approximate surface area is 150 Å². The molecule has 0 radical (unpaired) electrons. The van der Waals surface area contributed by atoms with Crippen molar-refractivity contribution < 1.29 is 32.6 Å². The zero-order chi connectivity index (χ0) is 19.2. The van der Waals surface area contributed by atoms with Crippen LogP contribution in [0, 0.1) is 0 Å².